The summed E-state index contributed by atoms with van der Waals surface area (Å²) in [4.78, 5) is 0.131. The van der Waals surface area contributed by atoms with Crippen molar-refractivity contribution < 1.29 is 21.6 Å². The highest BCUT2D eigenvalue weighted by Gasteiger charge is 2.33. The summed E-state index contributed by atoms with van der Waals surface area (Å²) in [6.45, 7) is 3.55. The second-order valence-electron chi connectivity index (χ2n) is 7.00. The molecule has 2 heterocycles. The number of hydrogen-bond donors (Lipinski definition) is 1. The van der Waals surface area contributed by atoms with Gasteiger partial charge in [0.1, 0.15) is 10.6 Å². The lowest BCUT2D eigenvalue weighted by molar-refractivity contribution is 0.414. The first-order valence-corrected chi connectivity index (χ1v) is 12.3. The van der Waals surface area contributed by atoms with Crippen molar-refractivity contribution in [3.63, 3.8) is 0 Å². The molecule has 0 amide bonds. The lowest BCUT2D eigenvalue weighted by atomic mass is 10.1. The molecule has 3 rings (SSSR count). The zero-order chi connectivity index (χ0) is 20.5. The van der Waals surface area contributed by atoms with Gasteiger partial charge in [0.15, 0.2) is 9.84 Å². The van der Waals surface area contributed by atoms with Crippen LogP contribution >= 0.6 is 0 Å². The van der Waals surface area contributed by atoms with E-state index in [0.717, 1.165) is 11.3 Å². The van der Waals surface area contributed by atoms with Crippen LogP contribution in [0.1, 0.15) is 29.4 Å². The van der Waals surface area contributed by atoms with Crippen molar-refractivity contribution in [2.24, 2.45) is 0 Å². The number of ether oxygens (including phenoxy) is 1. The van der Waals surface area contributed by atoms with Crippen molar-refractivity contribution >= 4 is 19.9 Å². The molecule has 0 aliphatic carbocycles. The van der Waals surface area contributed by atoms with Gasteiger partial charge in [-0.2, -0.15) is 5.10 Å². The Morgan fingerprint density at radius 1 is 1.25 bits per heavy atom. The summed E-state index contributed by atoms with van der Waals surface area (Å²) in [5, 5.41) is 4.33. The lowest BCUT2D eigenvalue weighted by Gasteiger charge is -2.12. The van der Waals surface area contributed by atoms with Crippen molar-refractivity contribution in [2.45, 2.75) is 37.6 Å². The number of aryl methyl sites for hydroxylation is 1. The molecule has 2 aromatic rings. The Morgan fingerprint density at radius 3 is 2.50 bits per heavy atom. The molecule has 1 atom stereocenters. The second kappa shape index (κ2) is 7.84. The third-order valence-electron chi connectivity index (χ3n) is 4.95. The molecule has 1 fully saturated rings. The molecule has 0 spiro atoms. The largest absolute Gasteiger partial charge is 0.497 e. The standard InChI is InChI=1S/C18H25N3O5S2/c1-13-18(14(2)21(20-13)16-9-11-27(22,23)12-16)28(24,25)19-10-8-15-4-6-17(26-3)7-5-15/h4-7,16,19H,8-12H2,1-3H3/t16-/m1/s1. The van der Waals surface area contributed by atoms with Crippen LogP contribution in [-0.2, 0) is 26.3 Å². The molecular weight excluding hydrogens is 402 g/mol. The van der Waals surface area contributed by atoms with Crippen LogP contribution in [-0.4, -0.2) is 51.8 Å². The molecule has 1 aromatic heterocycles. The highest BCUT2D eigenvalue weighted by molar-refractivity contribution is 7.91. The normalized spacial score (nSPS) is 19.0. The third kappa shape index (κ3) is 4.39. The Kier molecular flexibility index (Phi) is 5.83. The predicted octanol–water partition coefficient (Wildman–Crippen LogP) is 1.39. The van der Waals surface area contributed by atoms with Crippen LogP contribution in [0.4, 0.5) is 0 Å². The van der Waals surface area contributed by atoms with Crippen LogP contribution in [0, 0.1) is 13.8 Å². The van der Waals surface area contributed by atoms with E-state index >= 15 is 0 Å². The van der Waals surface area contributed by atoms with Crippen LogP contribution in [0.2, 0.25) is 0 Å². The average Bonchev–Trinajstić information content (AvgIpc) is 3.14. The van der Waals surface area contributed by atoms with Crippen LogP contribution in [0.3, 0.4) is 0 Å². The number of sulfonamides is 1. The third-order valence-corrected chi connectivity index (χ3v) is 8.41. The zero-order valence-electron chi connectivity index (χ0n) is 16.2. The highest BCUT2D eigenvalue weighted by Crippen LogP contribution is 2.28. The van der Waals surface area contributed by atoms with Gasteiger partial charge in [-0.05, 0) is 44.4 Å². The summed E-state index contributed by atoms with van der Waals surface area (Å²) in [7, 11) is -5.24. The summed E-state index contributed by atoms with van der Waals surface area (Å²) in [5.41, 5.74) is 1.83. The molecule has 0 saturated carbocycles. The van der Waals surface area contributed by atoms with Crippen LogP contribution in [0.15, 0.2) is 29.2 Å². The maximum atomic E-state index is 12.8. The minimum Gasteiger partial charge on any atom is -0.497 e. The molecular formula is C18H25N3O5S2. The first kappa shape index (κ1) is 20.8. The molecule has 1 aromatic carbocycles. The number of rotatable bonds is 7. The van der Waals surface area contributed by atoms with Gasteiger partial charge in [-0.3, -0.25) is 4.68 Å². The molecule has 28 heavy (non-hydrogen) atoms. The average molecular weight is 428 g/mol. The van der Waals surface area contributed by atoms with E-state index in [4.69, 9.17) is 4.74 Å². The first-order valence-electron chi connectivity index (χ1n) is 9.02. The minimum atomic E-state index is -3.75. The van der Waals surface area contributed by atoms with Gasteiger partial charge in [-0.1, -0.05) is 12.1 Å². The van der Waals surface area contributed by atoms with Crippen molar-refractivity contribution in [2.75, 3.05) is 25.2 Å². The number of benzene rings is 1. The molecule has 8 nitrogen and oxygen atoms in total. The number of methoxy groups -OCH3 is 1. The second-order valence-corrected chi connectivity index (χ2v) is 10.9. The van der Waals surface area contributed by atoms with Crippen molar-refractivity contribution in [1.29, 1.82) is 0 Å². The SMILES string of the molecule is COc1ccc(CCNS(=O)(=O)c2c(C)nn([C@@H]3CCS(=O)(=O)C3)c2C)cc1. The summed E-state index contributed by atoms with van der Waals surface area (Å²) in [6.07, 6.45) is 0.991. The van der Waals surface area contributed by atoms with Crippen molar-refractivity contribution in [3.05, 3.63) is 41.2 Å². The first-order chi connectivity index (χ1) is 13.1. The Bertz CT molecular complexity index is 1060. The van der Waals surface area contributed by atoms with E-state index in [0.29, 0.717) is 24.2 Å². The van der Waals surface area contributed by atoms with Gasteiger partial charge in [0.25, 0.3) is 0 Å². The van der Waals surface area contributed by atoms with Gasteiger partial charge in [-0.15, -0.1) is 0 Å². The van der Waals surface area contributed by atoms with Gasteiger partial charge in [0.2, 0.25) is 10.0 Å². The molecule has 1 N–H and O–H groups in total. The van der Waals surface area contributed by atoms with E-state index < -0.39 is 19.9 Å². The van der Waals surface area contributed by atoms with Crippen molar-refractivity contribution in [1.82, 2.24) is 14.5 Å². The summed E-state index contributed by atoms with van der Waals surface area (Å²) < 4.78 is 58.4. The topological polar surface area (TPSA) is 107 Å². The Balaban J connectivity index is 1.72. The van der Waals surface area contributed by atoms with Gasteiger partial charge >= 0.3 is 0 Å². The Hall–Kier alpha value is -1.91. The van der Waals surface area contributed by atoms with Crippen molar-refractivity contribution in [3.8, 4) is 5.75 Å². The molecule has 10 heteroatoms. The predicted molar refractivity (Wildman–Crippen MR) is 106 cm³/mol. The molecule has 1 aliphatic heterocycles. The van der Waals surface area contributed by atoms with E-state index in [1.54, 1.807) is 25.6 Å². The van der Waals surface area contributed by atoms with Crippen LogP contribution in [0.5, 0.6) is 5.75 Å². The Morgan fingerprint density at radius 2 is 1.93 bits per heavy atom. The maximum Gasteiger partial charge on any atom is 0.244 e. The van der Waals surface area contributed by atoms with E-state index in [-0.39, 0.29) is 29.0 Å². The smallest absolute Gasteiger partial charge is 0.244 e. The molecule has 0 unspecified atom stereocenters. The molecule has 1 saturated heterocycles. The van der Waals surface area contributed by atoms with Gasteiger partial charge in [0, 0.05) is 6.54 Å². The van der Waals surface area contributed by atoms with E-state index in [1.165, 1.54) is 0 Å². The molecule has 154 valence electrons. The zero-order valence-corrected chi connectivity index (χ0v) is 17.8. The van der Waals surface area contributed by atoms with Crippen LogP contribution in [0.25, 0.3) is 0 Å². The fourth-order valence-corrected chi connectivity index (χ4v) is 6.67. The van der Waals surface area contributed by atoms with Crippen LogP contribution < -0.4 is 9.46 Å². The summed E-state index contributed by atoms with van der Waals surface area (Å²) >= 11 is 0. The molecule has 0 bridgehead atoms. The monoisotopic (exact) mass is 427 g/mol. The number of nitrogens with one attached hydrogen (secondary N) is 1. The lowest BCUT2D eigenvalue weighted by Crippen LogP contribution is -2.27. The number of nitrogens with zero attached hydrogens (tertiary/aromatic N) is 2. The van der Waals surface area contributed by atoms with E-state index in [2.05, 4.69) is 9.82 Å². The number of aromatic nitrogens is 2. The van der Waals surface area contributed by atoms with Gasteiger partial charge in [-0.25, -0.2) is 21.6 Å². The summed E-state index contributed by atoms with van der Waals surface area (Å²) in [5.74, 6) is 0.856. The minimum absolute atomic E-state index is 0.000649. The number of hydrogen-bond acceptors (Lipinski definition) is 6. The Labute approximate surface area is 165 Å². The summed E-state index contributed by atoms with van der Waals surface area (Å²) in [6, 6.07) is 7.13. The fraction of sp³-hybridized carbons (Fsp3) is 0.500. The molecule has 1 aliphatic rings. The maximum absolute atomic E-state index is 12.8. The van der Waals surface area contributed by atoms with E-state index in [1.807, 2.05) is 24.3 Å². The molecule has 0 radical (unpaired) electrons. The van der Waals surface area contributed by atoms with Gasteiger partial charge in [0.05, 0.1) is 36.0 Å². The number of sulfone groups is 1. The van der Waals surface area contributed by atoms with E-state index in [9.17, 15) is 16.8 Å². The fourth-order valence-electron chi connectivity index (χ4n) is 3.55. The highest BCUT2D eigenvalue weighted by atomic mass is 32.2. The van der Waals surface area contributed by atoms with Gasteiger partial charge < -0.3 is 4.74 Å². The quantitative estimate of drug-likeness (QED) is 0.715.